The summed E-state index contributed by atoms with van der Waals surface area (Å²) in [5.74, 6) is -0.887. The molecule has 3 heteroatoms. The topological polar surface area (TPSA) is 41.7 Å². The summed E-state index contributed by atoms with van der Waals surface area (Å²) in [6, 6.07) is 16.2. The normalized spacial score (nSPS) is 13.0. The van der Waals surface area contributed by atoms with Crippen LogP contribution in [-0.4, -0.2) is 15.5 Å². The minimum Gasteiger partial charge on any atom is -0.478 e. The Morgan fingerprint density at radius 1 is 0.917 bits per heavy atom. The molecule has 2 aromatic heterocycles. The Hall–Kier alpha value is -3.07. The number of nitrogens with zero attached hydrogens (tertiary/aromatic N) is 1. The number of hydrogen-bond donors (Lipinski definition) is 1. The van der Waals surface area contributed by atoms with E-state index in [1.165, 1.54) is 16.5 Å². The Morgan fingerprint density at radius 3 is 2.58 bits per heavy atom. The molecular formula is C21H15NO2. The lowest BCUT2D eigenvalue weighted by Gasteiger charge is -2.09. The van der Waals surface area contributed by atoms with E-state index in [2.05, 4.69) is 30.3 Å². The second-order valence-corrected chi connectivity index (χ2v) is 6.33. The number of carboxylic acids is 1. The number of benzene rings is 2. The van der Waals surface area contributed by atoms with Gasteiger partial charge in [-0.05, 0) is 52.4 Å². The van der Waals surface area contributed by atoms with Crippen LogP contribution in [0, 0.1) is 0 Å². The second-order valence-electron chi connectivity index (χ2n) is 6.33. The van der Waals surface area contributed by atoms with E-state index < -0.39 is 5.97 Å². The lowest BCUT2D eigenvalue weighted by atomic mass is 9.94. The third-order valence-electron chi connectivity index (χ3n) is 5.06. The molecule has 24 heavy (non-hydrogen) atoms. The molecule has 116 valence electrons. The molecule has 2 heterocycles. The fourth-order valence-corrected chi connectivity index (χ4v) is 4.03. The molecule has 4 aromatic rings. The molecule has 0 unspecified atom stereocenters. The highest BCUT2D eigenvalue weighted by Crippen LogP contribution is 2.39. The predicted molar refractivity (Wildman–Crippen MR) is 94.7 cm³/mol. The molecule has 0 bridgehead atoms. The molecule has 0 spiro atoms. The van der Waals surface area contributed by atoms with Gasteiger partial charge in [0.2, 0.25) is 0 Å². The highest BCUT2D eigenvalue weighted by Gasteiger charge is 2.22. The zero-order chi connectivity index (χ0) is 16.3. The van der Waals surface area contributed by atoms with Crippen molar-refractivity contribution in [3.8, 4) is 11.1 Å². The fourth-order valence-electron chi connectivity index (χ4n) is 4.03. The molecule has 5 rings (SSSR count). The Labute approximate surface area is 138 Å². The van der Waals surface area contributed by atoms with Gasteiger partial charge in [-0.15, -0.1) is 0 Å². The summed E-state index contributed by atoms with van der Waals surface area (Å²) in [4.78, 5) is 11.9. The minimum absolute atomic E-state index is 0.370. The molecule has 2 aromatic carbocycles. The van der Waals surface area contributed by atoms with Crippen molar-refractivity contribution >= 4 is 22.3 Å². The summed E-state index contributed by atoms with van der Waals surface area (Å²) in [6.07, 6.45) is 5.96. The maximum Gasteiger partial charge on any atom is 0.338 e. The van der Waals surface area contributed by atoms with E-state index in [4.69, 9.17) is 0 Å². The van der Waals surface area contributed by atoms with E-state index >= 15 is 0 Å². The van der Waals surface area contributed by atoms with E-state index in [0.717, 1.165) is 34.9 Å². The number of carbonyl (C=O) groups is 1. The van der Waals surface area contributed by atoms with Crippen LogP contribution in [-0.2, 0) is 12.8 Å². The third kappa shape index (κ3) is 1.69. The number of aromatic carboxylic acids is 1. The minimum atomic E-state index is -0.887. The van der Waals surface area contributed by atoms with Gasteiger partial charge in [0.1, 0.15) is 0 Å². The first-order chi connectivity index (χ1) is 11.7. The van der Waals surface area contributed by atoms with Crippen LogP contribution in [0.5, 0.6) is 0 Å². The smallest absolute Gasteiger partial charge is 0.338 e. The predicted octanol–water partition coefficient (Wildman–Crippen LogP) is 4.56. The first-order valence-corrected chi connectivity index (χ1v) is 8.11. The van der Waals surface area contributed by atoms with E-state index in [1.807, 2.05) is 35.0 Å². The quantitative estimate of drug-likeness (QED) is 0.589. The van der Waals surface area contributed by atoms with Crippen molar-refractivity contribution < 1.29 is 9.90 Å². The summed E-state index contributed by atoms with van der Waals surface area (Å²) in [7, 11) is 0. The van der Waals surface area contributed by atoms with E-state index in [9.17, 15) is 9.90 Å². The molecule has 3 nitrogen and oxygen atoms in total. The number of rotatable bonds is 2. The second kappa shape index (κ2) is 4.71. The van der Waals surface area contributed by atoms with Crippen LogP contribution in [0.3, 0.4) is 0 Å². The van der Waals surface area contributed by atoms with Gasteiger partial charge in [-0.1, -0.05) is 36.4 Å². The fraction of sp³-hybridized carbons (Fsp3) is 0.0952. The third-order valence-corrected chi connectivity index (χ3v) is 5.06. The monoisotopic (exact) mass is 313 g/mol. The molecule has 0 aliphatic heterocycles. The van der Waals surface area contributed by atoms with Crippen LogP contribution in [0.1, 0.15) is 21.5 Å². The average molecular weight is 313 g/mol. The summed E-state index contributed by atoms with van der Waals surface area (Å²) in [5.41, 5.74) is 5.61. The van der Waals surface area contributed by atoms with Crippen molar-refractivity contribution in [1.29, 1.82) is 0 Å². The number of pyridine rings is 1. The van der Waals surface area contributed by atoms with Crippen LogP contribution in [0.4, 0.5) is 0 Å². The summed E-state index contributed by atoms with van der Waals surface area (Å²) in [6.45, 7) is 0. The van der Waals surface area contributed by atoms with Crippen molar-refractivity contribution in [3.63, 3.8) is 0 Å². The Morgan fingerprint density at radius 2 is 1.75 bits per heavy atom. The average Bonchev–Trinajstić information content (AvgIpc) is 3.18. The lowest BCUT2D eigenvalue weighted by Crippen LogP contribution is -1.98. The van der Waals surface area contributed by atoms with Gasteiger partial charge >= 0.3 is 5.97 Å². The Bertz CT molecular complexity index is 1130. The van der Waals surface area contributed by atoms with Crippen molar-refractivity contribution in [1.82, 2.24) is 4.40 Å². The van der Waals surface area contributed by atoms with Crippen molar-refractivity contribution in [2.45, 2.75) is 12.8 Å². The molecule has 0 saturated carbocycles. The summed E-state index contributed by atoms with van der Waals surface area (Å²) < 4.78 is 1.89. The summed E-state index contributed by atoms with van der Waals surface area (Å²) >= 11 is 0. The van der Waals surface area contributed by atoms with Gasteiger partial charge in [0.15, 0.2) is 0 Å². The number of carboxylic acid groups (broad SMARTS) is 1. The molecule has 1 aliphatic carbocycles. The van der Waals surface area contributed by atoms with Crippen LogP contribution < -0.4 is 0 Å². The largest absolute Gasteiger partial charge is 0.478 e. The van der Waals surface area contributed by atoms with Crippen molar-refractivity contribution in [3.05, 3.63) is 77.6 Å². The van der Waals surface area contributed by atoms with Gasteiger partial charge in [0.25, 0.3) is 0 Å². The molecule has 0 atom stereocenters. The summed E-state index contributed by atoms with van der Waals surface area (Å²) in [5, 5.41) is 12.3. The maximum absolute atomic E-state index is 11.9. The molecule has 1 aliphatic rings. The SMILES string of the molecule is O=C(O)c1c(-c2ccc3c4c(cccc24)CC3)cn2ccccc12. The molecule has 0 amide bonds. The number of hydrogen-bond acceptors (Lipinski definition) is 1. The van der Waals surface area contributed by atoms with Gasteiger partial charge in [0.05, 0.1) is 11.1 Å². The van der Waals surface area contributed by atoms with Gasteiger partial charge in [-0.3, -0.25) is 0 Å². The van der Waals surface area contributed by atoms with E-state index in [0.29, 0.717) is 5.56 Å². The maximum atomic E-state index is 11.9. The van der Waals surface area contributed by atoms with Crippen LogP contribution in [0.25, 0.3) is 27.4 Å². The molecule has 0 fully saturated rings. The van der Waals surface area contributed by atoms with Gasteiger partial charge in [-0.2, -0.15) is 0 Å². The van der Waals surface area contributed by atoms with Crippen LogP contribution in [0.15, 0.2) is 60.9 Å². The molecule has 0 radical (unpaired) electrons. The standard InChI is InChI=1S/C21H15NO2/c23-21(24)20-17(12-22-11-2-1-6-18(20)22)15-10-9-14-8-7-13-4-3-5-16(15)19(13)14/h1-6,9-12H,7-8H2,(H,23,24). The van der Waals surface area contributed by atoms with E-state index in [-0.39, 0.29) is 0 Å². The molecular weight excluding hydrogens is 298 g/mol. The van der Waals surface area contributed by atoms with E-state index in [1.54, 1.807) is 0 Å². The zero-order valence-corrected chi connectivity index (χ0v) is 13.0. The van der Waals surface area contributed by atoms with Crippen molar-refractivity contribution in [2.24, 2.45) is 0 Å². The first kappa shape index (κ1) is 13.4. The van der Waals surface area contributed by atoms with Crippen LogP contribution in [0.2, 0.25) is 0 Å². The lowest BCUT2D eigenvalue weighted by molar-refractivity contribution is 0.0700. The number of aromatic nitrogens is 1. The van der Waals surface area contributed by atoms with Gasteiger partial charge in [-0.25, -0.2) is 4.79 Å². The highest BCUT2D eigenvalue weighted by atomic mass is 16.4. The van der Waals surface area contributed by atoms with Crippen molar-refractivity contribution in [2.75, 3.05) is 0 Å². The zero-order valence-electron chi connectivity index (χ0n) is 13.0. The Kier molecular flexibility index (Phi) is 2.63. The highest BCUT2D eigenvalue weighted by molar-refractivity contribution is 6.09. The van der Waals surface area contributed by atoms with Gasteiger partial charge in [0, 0.05) is 18.0 Å². The van der Waals surface area contributed by atoms with Gasteiger partial charge < -0.3 is 9.51 Å². The van der Waals surface area contributed by atoms with Crippen LogP contribution >= 0.6 is 0 Å². The number of fused-ring (bicyclic) bond motifs is 1. The molecule has 0 saturated heterocycles. The first-order valence-electron chi connectivity index (χ1n) is 8.11. The molecule has 1 N–H and O–H groups in total. The Balaban J connectivity index is 1.91. The number of aryl methyl sites for hydroxylation is 2.